The molecule has 1 aliphatic rings. The van der Waals surface area contributed by atoms with Crippen LogP contribution in [0.2, 0.25) is 0 Å². The molecule has 0 fully saturated rings. The molecule has 7 heteroatoms. The maximum absolute atomic E-state index is 12.1. The third-order valence-corrected chi connectivity index (χ3v) is 2.79. The average molecular weight is 281 g/mol. The number of fused-ring (bicyclic) bond motifs is 1. The minimum Gasteiger partial charge on any atom is -0.493 e. The van der Waals surface area contributed by atoms with Crippen molar-refractivity contribution >= 4 is 11.9 Å². The zero-order valence-electron chi connectivity index (χ0n) is 11.2. The summed E-state index contributed by atoms with van der Waals surface area (Å²) in [7, 11) is 2.88. The van der Waals surface area contributed by atoms with Gasteiger partial charge in [0.25, 0.3) is 5.91 Å². The van der Waals surface area contributed by atoms with Crippen LogP contribution in [0.25, 0.3) is 0 Å². The lowest BCUT2D eigenvalue weighted by Crippen LogP contribution is -2.32. The molecule has 7 nitrogen and oxygen atoms in total. The highest BCUT2D eigenvalue weighted by Gasteiger charge is 2.22. The summed E-state index contributed by atoms with van der Waals surface area (Å²) < 4.78 is 16.0. The number of benzene rings is 1. The quantitative estimate of drug-likeness (QED) is 0.871. The Labute approximate surface area is 115 Å². The predicted octanol–water partition coefficient (Wildman–Crippen LogP) is 0.623. The smallest absolute Gasteiger partial charge is 0.323 e. The summed E-state index contributed by atoms with van der Waals surface area (Å²) in [6, 6.07) is 3.03. The second-order valence-corrected chi connectivity index (χ2v) is 4.26. The molecule has 0 spiro atoms. The SMILES string of the molecule is COc1cc(C(=O)N(C)CC(=O)O)cc2c1OCCO2. The van der Waals surface area contributed by atoms with Gasteiger partial charge in [0.15, 0.2) is 11.5 Å². The van der Waals surface area contributed by atoms with E-state index >= 15 is 0 Å². The van der Waals surface area contributed by atoms with Crippen LogP contribution in [0.4, 0.5) is 0 Å². The molecule has 1 aliphatic heterocycles. The van der Waals surface area contributed by atoms with Crippen molar-refractivity contribution in [2.75, 3.05) is 33.9 Å². The molecule has 20 heavy (non-hydrogen) atoms. The second-order valence-electron chi connectivity index (χ2n) is 4.26. The van der Waals surface area contributed by atoms with Gasteiger partial charge >= 0.3 is 5.97 Å². The van der Waals surface area contributed by atoms with Crippen LogP contribution in [0.1, 0.15) is 10.4 Å². The Bertz CT molecular complexity index is 525. The van der Waals surface area contributed by atoms with Crippen LogP contribution in [-0.2, 0) is 4.79 Å². The topological polar surface area (TPSA) is 85.3 Å². The zero-order chi connectivity index (χ0) is 14.7. The Hall–Kier alpha value is -2.44. The Balaban J connectivity index is 2.32. The highest BCUT2D eigenvalue weighted by atomic mass is 16.6. The number of hydrogen-bond acceptors (Lipinski definition) is 5. The van der Waals surface area contributed by atoms with E-state index in [4.69, 9.17) is 19.3 Å². The zero-order valence-corrected chi connectivity index (χ0v) is 11.2. The van der Waals surface area contributed by atoms with Crippen molar-refractivity contribution in [2.24, 2.45) is 0 Å². The van der Waals surface area contributed by atoms with Crippen LogP contribution < -0.4 is 14.2 Å². The lowest BCUT2D eigenvalue weighted by Gasteiger charge is -2.22. The van der Waals surface area contributed by atoms with Gasteiger partial charge in [0, 0.05) is 12.6 Å². The fourth-order valence-corrected chi connectivity index (χ4v) is 1.89. The summed E-state index contributed by atoms with van der Waals surface area (Å²) in [6.45, 7) is 0.421. The standard InChI is InChI=1S/C13H15NO6/c1-14(7-11(15)16)13(17)8-5-9(18-2)12-10(6-8)19-3-4-20-12/h5-6H,3-4,7H2,1-2H3,(H,15,16). The van der Waals surface area contributed by atoms with Crippen molar-refractivity contribution in [2.45, 2.75) is 0 Å². The molecule has 1 aromatic rings. The van der Waals surface area contributed by atoms with Crippen LogP contribution >= 0.6 is 0 Å². The highest BCUT2D eigenvalue weighted by Crippen LogP contribution is 2.40. The first kappa shape index (κ1) is 14.0. The van der Waals surface area contributed by atoms with Crippen molar-refractivity contribution < 1.29 is 28.9 Å². The summed E-state index contributed by atoms with van der Waals surface area (Å²) in [5, 5.41) is 8.71. The van der Waals surface area contributed by atoms with Gasteiger partial charge < -0.3 is 24.2 Å². The molecular formula is C13H15NO6. The van der Waals surface area contributed by atoms with Gasteiger partial charge in [-0.05, 0) is 12.1 Å². The summed E-state index contributed by atoms with van der Waals surface area (Å²) in [4.78, 5) is 23.9. The first-order valence-corrected chi connectivity index (χ1v) is 5.98. The fourth-order valence-electron chi connectivity index (χ4n) is 1.89. The minimum absolute atomic E-state index is 0.287. The van der Waals surface area contributed by atoms with Crippen molar-refractivity contribution in [1.29, 1.82) is 0 Å². The van der Waals surface area contributed by atoms with Gasteiger partial charge in [0.2, 0.25) is 5.75 Å². The third-order valence-electron chi connectivity index (χ3n) is 2.79. The number of carboxylic acid groups (broad SMARTS) is 1. The largest absolute Gasteiger partial charge is 0.493 e. The summed E-state index contributed by atoms with van der Waals surface area (Å²) in [6.07, 6.45) is 0. The molecule has 0 saturated carbocycles. The molecule has 0 aliphatic carbocycles. The lowest BCUT2D eigenvalue weighted by atomic mass is 10.1. The first-order chi connectivity index (χ1) is 9.52. The van der Waals surface area contributed by atoms with E-state index in [-0.39, 0.29) is 12.1 Å². The molecule has 1 aromatic carbocycles. The van der Waals surface area contributed by atoms with Crippen molar-refractivity contribution in [3.8, 4) is 17.2 Å². The molecule has 0 unspecified atom stereocenters. The number of carbonyl (C=O) groups is 2. The number of hydrogen-bond donors (Lipinski definition) is 1. The van der Waals surface area contributed by atoms with Crippen LogP contribution in [0.5, 0.6) is 17.2 Å². The van der Waals surface area contributed by atoms with Crippen LogP contribution in [0.15, 0.2) is 12.1 Å². The Morgan fingerprint density at radius 2 is 2.05 bits per heavy atom. The predicted molar refractivity (Wildman–Crippen MR) is 68.6 cm³/mol. The maximum atomic E-state index is 12.1. The maximum Gasteiger partial charge on any atom is 0.323 e. The Morgan fingerprint density at radius 1 is 1.35 bits per heavy atom. The van der Waals surface area contributed by atoms with Gasteiger partial charge in [-0.3, -0.25) is 9.59 Å². The van der Waals surface area contributed by atoms with Crippen molar-refractivity contribution in [1.82, 2.24) is 4.90 Å². The number of carbonyl (C=O) groups excluding carboxylic acids is 1. The highest BCUT2D eigenvalue weighted by molar-refractivity contribution is 5.97. The first-order valence-electron chi connectivity index (χ1n) is 5.98. The monoisotopic (exact) mass is 281 g/mol. The molecule has 2 rings (SSSR count). The molecule has 1 N–H and O–H groups in total. The number of methoxy groups -OCH3 is 1. The van der Waals surface area contributed by atoms with E-state index in [0.29, 0.717) is 30.5 Å². The van der Waals surface area contributed by atoms with Crippen LogP contribution in [0, 0.1) is 0 Å². The van der Waals surface area contributed by atoms with E-state index in [9.17, 15) is 9.59 Å². The van der Waals surface area contributed by atoms with Crippen LogP contribution in [0.3, 0.4) is 0 Å². The molecule has 0 atom stereocenters. The second kappa shape index (κ2) is 5.68. The molecule has 0 radical (unpaired) electrons. The molecule has 108 valence electrons. The van der Waals surface area contributed by atoms with Gasteiger partial charge in [0.1, 0.15) is 19.8 Å². The van der Waals surface area contributed by atoms with Gasteiger partial charge in [-0.15, -0.1) is 0 Å². The number of ether oxygens (including phenoxy) is 3. The summed E-state index contributed by atoms with van der Waals surface area (Å²) in [5.74, 6) is -0.249. The number of likely N-dealkylation sites (N-methyl/N-ethyl adjacent to an activating group) is 1. The van der Waals surface area contributed by atoms with Gasteiger partial charge in [-0.2, -0.15) is 0 Å². The average Bonchev–Trinajstić information content (AvgIpc) is 2.44. The number of nitrogens with zero attached hydrogens (tertiary/aromatic N) is 1. The Kier molecular flexibility index (Phi) is 3.97. The summed E-state index contributed by atoms with van der Waals surface area (Å²) >= 11 is 0. The van der Waals surface area contributed by atoms with Gasteiger partial charge in [0.05, 0.1) is 7.11 Å². The number of rotatable bonds is 4. The van der Waals surface area contributed by atoms with Crippen LogP contribution in [-0.4, -0.2) is 55.8 Å². The van der Waals surface area contributed by atoms with E-state index in [1.54, 1.807) is 0 Å². The number of carboxylic acids is 1. The van der Waals surface area contributed by atoms with E-state index in [0.717, 1.165) is 4.90 Å². The normalized spacial score (nSPS) is 12.7. The summed E-state index contributed by atoms with van der Waals surface area (Å²) in [5.41, 5.74) is 0.287. The number of amides is 1. The van der Waals surface area contributed by atoms with E-state index in [2.05, 4.69) is 0 Å². The molecular weight excluding hydrogens is 266 g/mol. The van der Waals surface area contributed by atoms with E-state index in [1.165, 1.54) is 26.3 Å². The minimum atomic E-state index is -1.08. The van der Waals surface area contributed by atoms with E-state index < -0.39 is 11.9 Å². The lowest BCUT2D eigenvalue weighted by molar-refractivity contribution is -0.137. The Morgan fingerprint density at radius 3 is 2.70 bits per heavy atom. The molecule has 0 aromatic heterocycles. The van der Waals surface area contributed by atoms with Crippen molar-refractivity contribution in [3.05, 3.63) is 17.7 Å². The van der Waals surface area contributed by atoms with Gasteiger partial charge in [-0.25, -0.2) is 0 Å². The fraction of sp³-hybridized carbons (Fsp3) is 0.385. The molecule has 1 heterocycles. The molecule has 0 bridgehead atoms. The van der Waals surface area contributed by atoms with Crippen molar-refractivity contribution in [3.63, 3.8) is 0 Å². The number of aliphatic carboxylic acids is 1. The van der Waals surface area contributed by atoms with E-state index in [1.807, 2.05) is 0 Å². The molecule has 0 saturated heterocycles. The third kappa shape index (κ3) is 2.76. The van der Waals surface area contributed by atoms with Gasteiger partial charge in [-0.1, -0.05) is 0 Å². The molecule has 1 amide bonds.